The normalized spacial score (nSPS) is 15.7. The van der Waals surface area contributed by atoms with E-state index < -0.39 is 0 Å². The second kappa shape index (κ2) is 6.05. The minimum atomic E-state index is -0.382. The molecule has 6 heteroatoms. The second-order valence-corrected chi connectivity index (χ2v) is 5.79. The molecule has 0 amide bonds. The summed E-state index contributed by atoms with van der Waals surface area (Å²) in [5, 5.41) is 4.11. The Morgan fingerprint density at radius 1 is 1.08 bits per heavy atom. The van der Waals surface area contributed by atoms with E-state index in [1.54, 1.807) is 31.6 Å². The van der Waals surface area contributed by atoms with E-state index in [4.69, 9.17) is 14.0 Å². The van der Waals surface area contributed by atoms with Gasteiger partial charge in [-0.05, 0) is 49.6 Å². The SMILES string of the molecule is COC1(c2noc(-c3cccc(Oc4ccncc4)c3)n2)CCC1. The third-order valence-corrected chi connectivity index (χ3v) is 4.35. The topological polar surface area (TPSA) is 70.3 Å². The highest BCUT2D eigenvalue weighted by molar-refractivity contribution is 5.56. The molecular formula is C18H17N3O3. The summed E-state index contributed by atoms with van der Waals surface area (Å²) >= 11 is 0. The molecule has 0 atom stereocenters. The van der Waals surface area contributed by atoms with Gasteiger partial charge in [-0.3, -0.25) is 4.98 Å². The van der Waals surface area contributed by atoms with Gasteiger partial charge in [-0.1, -0.05) is 11.2 Å². The summed E-state index contributed by atoms with van der Waals surface area (Å²) in [4.78, 5) is 8.50. The first-order valence-electron chi connectivity index (χ1n) is 7.87. The van der Waals surface area contributed by atoms with Crippen LogP contribution < -0.4 is 4.74 Å². The monoisotopic (exact) mass is 323 g/mol. The number of pyridine rings is 1. The summed E-state index contributed by atoms with van der Waals surface area (Å²) in [7, 11) is 1.69. The first kappa shape index (κ1) is 14.8. The molecule has 1 saturated carbocycles. The average molecular weight is 323 g/mol. The number of methoxy groups -OCH3 is 1. The van der Waals surface area contributed by atoms with E-state index in [0.29, 0.717) is 17.5 Å². The fourth-order valence-corrected chi connectivity index (χ4v) is 2.78. The van der Waals surface area contributed by atoms with E-state index in [1.165, 1.54) is 0 Å². The molecule has 1 aromatic carbocycles. The highest BCUT2D eigenvalue weighted by Gasteiger charge is 2.43. The Balaban J connectivity index is 1.59. The van der Waals surface area contributed by atoms with Crippen molar-refractivity contribution in [3.05, 3.63) is 54.6 Å². The number of benzene rings is 1. The molecule has 6 nitrogen and oxygen atoms in total. The zero-order valence-electron chi connectivity index (χ0n) is 13.3. The summed E-state index contributed by atoms with van der Waals surface area (Å²) < 4.78 is 16.8. The van der Waals surface area contributed by atoms with Crippen LogP contribution in [0.1, 0.15) is 25.1 Å². The number of rotatable bonds is 5. The van der Waals surface area contributed by atoms with Crippen molar-refractivity contribution >= 4 is 0 Å². The lowest BCUT2D eigenvalue weighted by Gasteiger charge is -2.37. The van der Waals surface area contributed by atoms with Crippen molar-refractivity contribution in [1.29, 1.82) is 0 Å². The van der Waals surface area contributed by atoms with E-state index in [1.807, 2.05) is 24.3 Å². The Labute approximate surface area is 139 Å². The Bertz CT molecular complexity index is 823. The van der Waals surface area contributed by atoms with Crippen LogP contribution >= 0.6 is 0 Å². The number of aromatic nitrogens is 3. The highest BCUT2D eigenvalue weighted by atomic mass is 16.5. The number of ether oxygens (including phenoxy) is 2. The van der Waals surface area contributed by atoms with Crippen LogP contribution in [0.25, 0.3) is 11.5 Å². The maximum absolute atomic E-state index is 5.81. The minimum absolute atomic E-state index is 0.382. The smallest absolute Gasteiger partial charge is 0.258 e. The van der Waals surface area contributed by atoms with Crippen LogP contribution in [-0.4, -0.2) is 22.2 Å². The van der Waals surface area contributed by atoms with Gasteiger partial charge in [0.05, 0.1) is 0 Å². The molecule has 4 rings (SSSR count). The summed E-state index contributed by atoms with van der Waals surface area (Å²) in [6, 6.07) is 11.2. The fraction of sp³-hybridized carbons (Fsp3) is 0.278. The zero-order chi connectivity index (χ0) is 16.4. The summed E-state index contributed by atoms with van der Waals surface area (Å²) in [6.07, 6.45) is 6.34. The molecule has 0 spiro atoms. The van der Waals surface area contributed by atoms with Gasteiger partial charge in [0.1, 0.15) is 17.1 Å². The molecule has 3 aromatic rings. The van der Waals surface area contributed by atoms with Gasteiger partial charge in [0.25, 0.3) is 5.89 Å². The predicted octanol–water partition coefficient (Wildman–Crippen LogP) is 3.95. The van der Waals surface area contributed by atoms with Crippen LogP contribution in [0, 0.1) is 0 Å². The van der Waals surface area contributed by atoms with Crippen molar-refractivity contribution in [1.82, 2.24) is 15.1 Å². The van der Waals surface area contributed by atoms with Gasteiger partial charge in [-0.15, -0.1) is 0 Å². The van der Waals surface area contributed by atoms with Crippen molar-refractivity contribution in [3.63, 3.8) is 0 Å². The third-order valence-electron chi connectivity index (χ3n) is 4.35. The van der Waals surface area contributed by atoms with E-state index in [2.05, 4.69) is 15.1 Å². The summed E-state index contributed by atoms with van der Waals surface area (Å²) in [6.45, 7) is 0. The molecule has 1 aliphatic rings. The van der Waals surface area contributed by atoms with Gasteiger partial charge < -0.3 is 14.0 Å². The minimum Gasteiger partial charge on any atom is -0.457 e. The van der Waals surface area contributed by atoms with Crippen LogP contribution in [0.4, 0.5) is 0 Å². The van der Waals surface area contributed by atoms with Crippen LogP contribution in [0.2, 0.25) is 0 Å². The Hall–Kier alpha value is -2.73. The van der Waals surface area contributed by atoms with E-state index >= 15 is 0 Å². The van der Waals surface area contributed by atoms with Gasteiger partial charge in [-0.25, -0.2) is 0 Å². The molecule has 1 fully saturated rings. The fourth-order valence-electron chi connectivity index (χ4n) is 2.78. The first-order chi connectivity index (χ1) is 11.8. The van der Waals surface area contributed by atoms with Gasteiger partial charge in [0.15, 0.2) is 0 Å². The maximum Gasteiger partial charge on any atom is 0.258 e. The molecule has 122 valence electrons. The predicted molar refractivity (Wildman–Crippen MR) is 86.6 cm³/mol. The molecule has 24 heavy (non-hydrogen) atoms. The van der Waals surface area contributed by atoms with Crippen molar-refractivity contribution < 1.29 is 14.0 Å². The molecule has 1 aliphatic carbocycles. The molecule has 0 aliphatic heterocycles. The molecule has 0 unspecified atom stereocenters. The lowest BCUT2D eigenvalue weighted by molar-refractivity contribution is -0.0858. The van der Waals surface area contributed by atoms with Gasteiger partial charge in [0.2, 0.25) is 5.82 Å². The molecular weight excluding hydrogens is 306 g/mol. The van der Waals surface area contributed by atoms with E-state index in [9.17, 15) is 0 Å². The zero-order valence-corrected chi connectivity index (χ0v) is 13.3. The molecule has 2 aromatic heterocycles. The highest BCUT2D eigenvalue weighted by Crippen LogP contribution is 2.43. The summed E-state index contributed by atoms with van der Waals surface area (Å²) in [5.74, 6) is 2.50. The third kappa shape index (κ3) is 2.65. The van der Waals surface area contributed by atoms with Crippen molar-refractivity contribution in [2.45, 2.75) is 24.9 Å². The van der Waals surface area contributed by atoms with Crippen LogP contribution in [0.3, 0.4) is 0 Å². The molecule has 0 saturated heterocycles. The van der Waals surface area contributed by atoms with Gasteiger partial charge in [-0.2, -0.15) is 4.98 Å². The van der Waals surface area contributed by atoms with Gasteiger partial charge >= 0.3 is 0 Å². The lowest BCUT2D eigenvalue weighted by atomic mass is 9.79. The molecule has 2 heterocycles. The molecule has 0 N–H and O–H groups in total. The number of nitrogens with zero attached hydrogens (tertiary/aromatic N) is 3. The average Bonchev–Trinajstić information content (AvgIpc) is 3.06. The summed E-state index contributed by atoms with van der Waals surface area (Å²) in [5.41, 5.74) is 0.429. The quantitative estimate of drug-likeness (QED) is 0.708. The first-order valence-corrected chi connectivity index (χ1v) is 7.87. The molecule has 0 radical (unpaired) electrons. The van der Waals surface area contributed by atoms with Crippen LogP contribution in [0.15, 0.2) is 53.3 Å². The number of hydrogen-bond donors (Lipinski definition) is 0. The number of hydrogen-bond acceptors (Lipinski definition) is 6. The van der Waals surface area contributed by atoms with Crippen molar-refractivity contribution in [2.24, 2.45) is 0 Å². The van der Waals surface area contributed by atoms with Crippen molar-refractivity contribution in [3.8, 4) is 23.0 Å². The molecule has 0 bridgehead atoms. The van der Waals surface area contributed by atoms with Gasteiger partial charge in [0, 0.05) is 25.1 Å². The Morgan fingerprint density at radius 3 is 2.62 bits per heavy atom. The Kier molecular flexibility index (Phi) is 3.74. The second-order valence-electron chi connectivity index (χ2n) is 5.79. The van der Waals surface area contributed by atoms with Crippen molar-refractivity contribution in [2.75, 3.05) is 7.11 Å². The van der Waals surface area contributed by atoms with E-state index in [-0.39, 0.29) is 5.60 Å². The Morgan fingerprint density at radius 2 is 1.92 bits per heavy atom. The maximum atomic E-state index is 5.81. The lowest BCUT2D eigenvalue weighted by Crippen LogP contribution is -2.37. The largest absolute Gasteiger partial charge is 0.457 e. The van der Waals surface area contributed by atoms with Crippen LogP contribution in [0.5, 0.6) is 11.5 Å². The standard InChI is InChI=1S/C18H17N3O3/c1-22-18(8-3-9-18)17-20-16(24-21-17)13-4-2-5-15(12-13)23-14-6-10-19-11-7-14/h2,4-7,10-12H,3,8-9H2,1H3. The van der Waals surface area contributed by atoms with Crippen LogP contribution in [-0.2, 0) is 10.3 Å². The van der Waals surface area contributed by atoms with E-state index in [0.717, 1.165) is 30.6 Å².